The van der Waals surface area contributed by atoms with Gasteiger partial charge in [-0.05, 0) is 48.1 Å². The standard InChI is InChI=1S/C16H24N4O/c1-15(2)9-6-7-16(3,8-9)14(15)20-13-10(17)4-5-11(19-13)12(18)21/h4-5,9,14H,6-8,17H2,1-3H3,(H2,18,21)(H,19,20). The topological polar surface area (TPSA) is 94.0 Å². The van der Waals surface area contributed by atoms with Gasteiger partial charge in [-0.1, -0.05) is 20.8 Å². The van der Waals surface area contributed by atoms with Crippen molar-refractivity contribution in [1.29, 1.82) is 0 Å². The van der Waals surface area contributed by atoms with Crippen LogP contribution in [0.3, 0.4) is 0 Å². The van der Waals surface area contributed by atoms with Crippen molar-refractivity contribution in [1.82, 2.24) is 4.98 Å². The Balaban J connectivity index is 1.93. The minimum absolute atomic E-state index is 0.198. The van der Waals surface area contributed by atoms with Crippen LogP contribution in [-0.4, -0.2) is 16.9 Å². The molecule has 2 aliphatic rings. The number of anilines is 2. The molecule has 1 amide bonds. The van der Waals surface area contributed by atoms with Gasteiger partial charge in [0.05, 0.1) is 5.69 Å². The summed E-state index contributed by atoms with van der Waals surface area (Å²) in [5, 5.41) is 3.52. The molecular formula is C16H24N4O. The van der Waals surface area contributed by atoms with Gasteiger partial charge in [0.25, 0.3) is 5.91 Å². The lowest BCUT2D eigenvalue weighted by Gasteiger charge is -2.43. The first-order valence-corrected chi connectivity index (χ1v) is 7.57. The largest absolute Gasteiger partial charge is 0.396 e. The molecule has 3 rings (SSSR count). The van der Waals surface area contributed by atoms with Crippen molar-refractivity contribution in [3.8, 4) is 0 Å². The number of hydrogen-bond acceptors (Lipinski definition) is 4. The van der Waals surface area contributed by atoms with Crippen molar-refractivity contribution in [2.45, 2.75) is 46.1 Å². The maximum Gasteiger partial charge on any atom is 0.267 e. The minimum Gasteiger partial charge on any atom is -0.396 e. The Morgan fingerprint density at radius 1 is 1.38 bits per heavy atom. The van der Waals surface area contributed by atoms with Crippen LogP contribution in [-0.2, 0) is 0 Å². The third-order valence-electron chi connectivity index (χ3n) is 5.73. The van der Waals surface area contributed by atoms with Crippen molar-refractivity contribution < 1.29 is 4.79 Å². The zero-order valence-electron chi connectivity index (χ0n) is 12.9. The molecule has 1 aromatic rings. The number of nitrogens with two attached hydrogens (primary N) is 2. The number of amides is 1. The highest BCUT2D eigenvalue weighted by atomic mass is 16.1. The zero-order valence-corrected chi connectivity index (χ0v) is 12.9. The van der Waals surface area contributed by atoms with Gasteiger partial charge in [-0.25, -0.2) is 4.98 Å². The second kappa shape index (κ2) is 4.36. The molecule has 2 bridgehead atoms. The van der Waals surface area contributed by atoms with E-state index >= 15 is 0 Å². The van der Waals surface area contributed by atoms with Crippen molar-refractivity contribution in [3.05, 3.63) is 17.8 Å². The average molecular weight is 288 g/mol. The molecule has 0 aliphatic heterocycles. The second-order valence-corrected chi connectivity index (χ2v) is 7.49. The number of hydrogen-bond donors (Lipinski definition) is 3. The van der Waals surface area contributed by atoms with Crippen molar-refractivity contribution in [2.75, 3.05) is 11.1 Å². The molecule has 2 aliphatic carbocycles. The molecule has 3 unspecified atom stereocenters. The van der Waals surface area contributed by atoms with E-state index in [4.69, 9.17) is 11.5 Å². The molecule has 2 saturated carbocycles. The van der Waals surface area contributed by atoms with Gasteiger partial charge in [0.2, 0.25) is 0 Å². The maximum absolute atomic E-state index is 11.3. The normalized spacial score (nSPS) is 33.1. The van der Waals surface area contributed by atoms with Gasteiger partial charge in [0, 0.05) is 6.04 Å². The summed E-state index contributed by atoms with van der Waals surface area (Å²) in [6.07, 6.45) is 3.77. The van der Waals surface area contributed by atoms with Crippen molar-refractivity contribution in [2.24, 2.45) is 22.5 Å². The SMILES string of the molecule is CC12CCC(C1)C(C)(C)C2Nc1nc(C(N)=O)ccc1N. The predicted octanol–water partition coefficient (Wildman–Crippen LogP) is 2.39. The van der Waals surface area contributed by atoms with Crippen LogP contribution in [0.25, 0.3) is 0 Å². The van der Waals surface area contributed by atoms with Crippen LogP contribution in [0.4, 0.5) is 11.5 Å². The fourth-order valence-corrected chi connectivity index (χ4v) is 4.52. The number of rotatable bonds is 3. The smallest absolute Gasteiger partial charge is 0.267 e. The van der Waals surface area contributed by atoms with E-state index in [2.05, 4.69) is 31.1 Å². The third kappa shape index (κ3) is 2.06. The summed E-state index contributed by atoms with van der Waals surface area (Å²) in [6, 6.07) is 3.57. The molecule has 0 aromatic carbocycles. The van der Waals surface area contributed by atoms with Crippen molar-refractivity contribution >= 4 is 17.4 Å². The second-order valence-electron chi connectivity index (χ2n) is 7.49. The molecule has 0 saturated heterocycles. The van der Waals surface area contributed by atoms with Crippen LogP contribution in [0.1, 0.15) is 50.5 Å². The lowest BCUT2D eigenvalue weighted by molar-refractivity contribution is 0.0995. The molecule has 5 N–H and O–H groups in total. The van der Waals surface area contributed by atoms with Gasteiger partial charge in [-0.15, -0.1) is 0 Å². The van der Waals surface area contributed by atoms with Gasteiger partial charge < -0.3 is 16.8 Å². The fraction of sp³-hybridized carbons (Fsp3) is 0.625. The number of nitrogens with one attached hydrogen (secondary N) is 1. The quantitative estimate of drug-likeness (QED) is 0.796. The minimum atomic E-state index is -0.531. The number of nitrogens with zero attached hydrogens (tertiary/aromatic N) is 1. The first-order valence-electron chi connectivity index (χ1n) is 7.57. The lowest BCUT2D eigenvalue weighted by atomic mass is 9.68. The van der Waals surface area contributed by atoms with E-state index < -0.39 is 5.91 Å². The number of carbonyl (C=O) groups is 1. The van der Waals surface area contributed by atoms with Crippen LogP contribution >= 0.6 is 0 Å². The average Bonchev–Trinajstić information content (AvgIpc) is 2.87. The molecule has 5 heteroatoms. The fourth-order valence-electron chi connectivity index (χ4n) is 4.52. The summed E-state index contributed by atoms with van der Waals surface area (Å²) < 4.78 is 0. The van der Waals surface area contributed by atoms with Crippen LogP contribution in [0, 0.1) is 16.7 Å². The number of pyridine rings is 1. The summed E-state index contributed by atoms with van der Waals surface area (Å²) in [5.41, 5.74) is 12.6. The highest BCUT2D eigenvalue weighted by molar-refractivity contribution is 5.91. The van der Waals surface area contributed by atoms with Crippen LogP contribution < -0.4 is 16.8 Å². The highest BCUT2D eigenvalue weighted by Gasteiger charge is 2.59. The Kier molecular flexibility index (Phi) is 2.94. The van der Waals surface area contributed by atoms with E-state index in [0.29, 0.717) is 17.5 Å². The summed E-state index contributed by atoms with van der Waals surface area (Å²) in [5.74, 6) is 0.787. The molecule has 2 fully saturated rings. The van der Waals surface area contributed by atoms with E-state index in [1.165, 1.54) is 19.3 Å². The first kappa shape index (κ1) is 14.2. The Bertz CT molecular complexity index is 593. The van der Waals surface area contributed by atoms with E-state index in [9.17, 15) is 4.79 Å². The van der Waals surface area contributed by atoms with Gasteiger partial charge >= 0.3 is 0 Å². The number of primary amides is 1. The molecule has 5 nitrogen and oxygen atoms in total. The number of fused-ring (bicyclic) bond motifs is 2. The summed E-state index contributed by atoms with van der Waals surface area (Å²) in [6.45, 7) is 6.97. The van der Waals surface area contributed by atoms with Gasteiger partial charge in [-0.3, -0.25) is 4.79 Å². The molecular weight excluding hydrogens is 264 g/mol. The van der Waals surface area contributed by atoms with E-state index in [-0.39, 0.29) is 16.5 Å². The number of aromatic nitrogens is 1. The van der Waals surface area contributed by atoms with E-state index in [0.717, 1.165) is 5.92 Å². The summed E-state index contributed by atoms with van der Waals surface area (Å²) in [7, 11) is 0. The molecule has 0 radical (unpaired) electrons. The van der Waals surface area contributed by atoms with Gasteiger partial charge in [0.1, 0.15) is 11.5 Å². The molecule has 3 atom stereocenters. The Morgan fingerprint density at radius 2 is 2.10 bits per heavy atom. The predicted molar refractivity (Wildman–Crippen MR) is 83.8 cm³/mol. The number of nitrogen functional groups attached to an aromatic ring is 1. The summed E-state index contributed by atoms with van der Waals surface area (Å²) >= 11 is 0. The first-order chi connectivity index (χ1) is 9.74. The molecule has 1 aromatic heterocycles. The van der Waals surface area contributed by atoms with Gasteiger partial charge in [0.15, 0.2) is 0 Å². The highest BCUT2D eigenvalue weighted by Crippen LogP contribution is 2.63. The maximum atomic E-state index is 11.3. The van der Waals surface area contributed by atoms with E-state index in [1.54, 1.807) is 12.1 Å². The zero-order chi connectivity index (χ0) is 15.4. The van der Waals surface area contributed by atoms with Crippen LogP contribution in [0.15, 0.2) is 12.1 Å². The number of carbonyl (C=O) groups excluding carboxylic acids is 1. The molecule has 0 spiro atoms. The molecule has 21 heavy (non-hydrogen) atoms. The monoisotopic (exact) mass is 288 g/mol. The van der Waals surface area contributed by atoms with Crippen LogP contribution in [0.5, 0.6) is 0 Å². The lowest BCUT2D eigenvalue weighted by Crippen LogP contribution is -2.46. The Morgan fingerprint density at radius 3 is 2.67 bits per heavy atom. The molecule has 114 valence electrons. The van der Waals surface area contributed by atoms with Crippen molar-refractivity contribution in [3.63, 3.8) is 0 Å². The van der Waals surface area contributed by atoms with Gasteiger partial charge in [-0.2, -0.15) is 0 Å². The third-order valence-corrected chi connectivity index (χ3v) is 5.73. The Labute approximate surface area is 125 Å². The van der Waals surface area contributed by atoms with Crippen LogP contribution in [0.2, 0.25) is 0 Å². The molecule has 1 heterocycles. The summed E-state index contributed by atoms with van der Waals surface area (Å²) in [4.78, 5) is 15.6. The van der Waals surface area contributed by atoms with E-state index in [1.807, 2.05) is 0 Å². The Hall–Kier alpha value is -1.78.